The van der Waals surface area contributed by atoms with Crippen molar-refractivity contribution in [3.63, 3.8) is 0 Å². The quantitative estimate of drug-likeness (QED) is 0.367. The molecule has 30 heavy (non-hydrogen) atoms. The van der Waals surface area contributed by atoms with E-state index in [9.17, 15) is 5.11 Å². The number of phenols is 4. The molecule has 162 valence electrons. The minimum absolute atomic E-state index is 0.00870. The van der Waals surface area contributed by atoms with Gasteiger partial charge in [-0.15, -0.1) is 0 Å². The van der Waals surface area contributed by atoms with Crippen molar-refractivity contribution in [3.8, 4) is 28.7 Å². The van der Waals surface area contributed by atoms with E-state index in [0.717, 1.165) is 11.3 Å². The van der Waals surface area contributed by atoms with Crippen molar-refractivity contribution in [1.29, 1.82) is 0 Å². The number of halogens is 1. The molecule has 3 aromatic carbocycles. The second kappa shape index (κ2) is 12.4. The van der Waals surface area contributed by atoms with Gasteiger partial charge in [0.25, 0.3) is 0 Å². The molecule has 0 aliphatic carbocycles. The standard InChI is InChI=1S/C9H12O3.C7H8O2.C6H5ClO2/c1-6-2-7(4-10)9(12)8(3-6)5-11;1-9-7-4-2-6(8)3-5-7;7-5-2-1-4(8)3-6(5)9/h2-3,10-12H,4-5H2,1H3;2-5,8H,1H3;1-3,8-9H. The van der Waals surface area contributed by atoms with E-state index < -0.39 is 0 Å². The minimum atomic E-state index is -0.208. The molecule has 0 aliphatic heterocycles. The third-order valence-corrected chi connectivity index (χ3v) is 4.07. The van der Waals surface area contributed by atoms with Crippen molar-refractivity contribution in [1.82, 2.24) is 0 Å². The van der Waals surface area contributed by atoms with Crippen LogP contribution in [0.4, 0.5) is 0 Å². The van der Waals surface area contributed by atoms with Crippen LogP contribution in [0.5, 0.6) is 28.7 Å². The largest absolute Gasteiger partial charge is 0.508 e. The first-order valence-electron chi connectivity index (χ1n) is 8.75. The lowest BCUT2D eigenvalue weighted by Gasteiger charge is -2.07. The van der Waals surface area contributed by atoms with Crippen molar-refractivity contribution in [2.24, 2.45) is 0 Å². The highest BCUT2D eigenvalue weighted by Crippen LogP contribution is 2.26. The van der Waals surface area contributed by atoms with Gasteiger partial charge < -0.3 is 35.4 Å². The second-order valence-electron chi connectivity index (χ2n) is 6.08. The Kier molecular flexibility index (Phi) is 10.3. The molecule has 0 fully saturated rings. The number of benzene rings is 3. The molecule has 8 heteroatoms. The van der Waals surface area contributed by atoms with Gasteiger partial charge in [0.15, 0.2) is 0 Å². The van der Waals surface area contributed by atoms with E-state index in [1.807, 2.05) is 6.92 Å². The highest BCUT2D eigenvalue weighted by Gasteiger charge is 2.06. The molecule has 7 nitrogen and oxygen atoms in total. The molecule has 0 aliphatic rings. The number of hydrogen-bond donors (Lipinski definition) is 6. The zero-order chi connectivity index (χ0) is 22.7. The van der Waals surface area contributed by atoms with E-state index in [-0.39, 0.29) is 41.2 Å². The van der Waals surface area contributed by atoms with Gasteiger partial charge in [0.05, 0.1) is 25.3 Å². The van der Waals surface area contributed by atoms with Crippen LogP contribution in [0.3, 0.4) is 0 Å². The van der Waals surface area contributed by atoms with Crippen LogP contribution in [-0.2, 0) is 13.2 Å². The molecule has 6 N–H and O–H groups in total. The molecular weight excluding hydrogens is 412 g/mol. The lowest BCUT2D eigenvalue weighted by atomic mass is 10.1. The Morgan fingerprint density at radius 1 is 0.767 bits per heavy atom. The fraction of sp³-hybridized carbons (Fsp3) is 0.182. The molecule has 0 heterocycles. The van der Waals surface area contributed by atoms with Gasteiger partial charge in [0, 0.05) is 17.2 Å². The van der Waals surface area contributed by atoms with Gasteiger partial charge in [-0.25, -0.2) is 0 Å². The number of ether oxygens (including phenoxy) is 1. The highest BCUT2D eigenvalue weighted by atomic mass is 35.5. The number of rotatable bonds is 3. The highest BCUT2D eigenvalue weighted by molar-refractivity contribution is 6.32. The van der Waals surface area contributed by atoms with Gasteiger partial charge in [0.1, 0.15) is 28.7 Å². The molecule has 0 radical (unpaired) electrons. The number of hydrogen-bond acceptors (Lipinski definition) is 7. The third-order valence-electron chi connectivity index (χ3n) is 3.75. The van der Waals surface area contributed by atoms with Crippen LogP contribution in [0.25, 0.3) is 0 Å². The Balaban J connectivity index is 0.000000229. The number of phenolic OH excluding ortho intramolecular Hbond substituents is 3. The normalized spacial score (nSPS) is 9.63. The Morgan fingerprint density at radius 2 is 1.27 bits per heavy atom. The van der Waals surface area contributed by atoms with Gasteiger partial charge in [-0.2, -0.15) is 0 Å². The summed E-state index contributed by atoms with van der Waals surface area (Å²) in [5.74, 6) is 0.919. The molecular formula is C22H25ClO7. The zero-order valence-corrected chi connectivity index (χ0v) is 17.3. The Bertz CT molecular complexity index is 902. The average Bonchev–Trinajstić information content (AvgIpc) is 2.74. The first kappa shape index (κ1) is 24.9. The fourth-order valence-corrected chi connectivity index (χ4v) is 2.38. The van der Waals surface area contributed by atoms with Gasteiger partial charge >= 0.3 is 0 Å². The Labute approximate surface area is 179 Å². The molecule has 0 unspecified atom stereocenters. The van der Waals surface area contributed by atoms with Crippen LogP contribution in [0.15, 0.2) is 54.6 Å². The zero-order valence-electron chi connectivity index (χ0n) is 16.6. The van der Waals surface area contributed by atoms with E-state index >= 15 is 0 Å². The Morgan fingerprint density at radius 3 is 1.67 bits per heavy atom. The maximum atomic E-state index is 9.39. The van der Waals surface area contributed by atoms with Crippen LogP contribution in [0, 0.1) is 6.92 Å². The van der Waals surface area contributed by atoms with Gasteiger partial charge in [-0.1, -0.05) is 29.3 Å². The van der Waals surface area contributed by atoms with E-state index in [1.165, 1.54) is 18.2 Å². The van der Waals surface area contributed by atoms with Crippen LogP contribution in [-0.4, -0.2) is 37.7 Å². The van der Waals surface area contributed by atoms with Crippen LogP contribution < -0.4 is 4.74 Å². The van der Waals surface area contributed by atoms with Crippen molar-refractivity contribution in [2.45, 2.75) is 20.1 Å². The summed E-state index contributed by atoms with van der Waals surface area (Å²) < 4.78 is 4.86. The molecule has 0 saturated heterocycles. The summed E-state index contributed by atoms with van der Waals surface area (Å²) in [4.78, 5) is 0. The topological polar surface area (TPSA) is 131 Å². The van der Waals surface area contributed by atoms with E-state index in [0.29, 0.717) is 11.1 Å². The lowest BCUT2D eigenvalue weighted by molar-refractivity contribution is 0.263. The van der Waals surface area contributed by atoms with E-state index in [1.54, 1.807) is 43.5 Å². The molecule has 0 atom stereocenters. The predicted octanol–water partition coefficient (Wildman–Crippen LogP) is 3.84. The molecule has 0 amide bonds. The number of aliphatic hydroxyl groups is 2. The lowest BCUT2D eigenvalue weighted by Crippen LogP contribution is -1.92. The summed E-state index contributed by atoms with van der Waals surface area (Å²) >= 11 is 5.42. The second-order valence-corrected chi connectivity index (χ2v) is 6.49. The van der Waals surface area contributed by atoms with Crippen LogP contribution in [0.1, 0.15) is 16.7 Å². The number of aliphatic hydroxyl groups excluding tert-OH is 2. The monoisotopic (exact) mass is 436 g/mol. The smallest absolute Gasteiger partial charge is 0.137 e. The first-order valence-corrected chi connectivity index (χ1v) is 9.13. The summed E-state index contributed by atoms with van der Waals surface area (Å²) in [5, 5.41) is 53.6. The molecule has 0 spiro atoms. The summed E-state index contributed by atoms with van der Waals surface area (Å²) in [6.07, 6.45) is 0. The number of aromatic hydroxyl groups is 4. The molecule has 0 aromatic heterocycles. The summed E-state index contributed by atoms with van der Waals surface area (Å²) in [7, 11) is 1.59. The van der Waals surface area contributed by atoms with E-state index in [4.69, 9.17) is 41.9 Å². The Hall–Kier alpha value is -3.13. The van der Waals surface area contributed by atoms with Crippen LogP contribution in [0.2, 0.25) is 5.02 Å². The first-order chi connectivity index (χ1) is 14.2. The molecule has 3 aromatic rings. The maximum Gasteiger partial charge on any atom is 0.137 e. The van der Waals surface area contributed by atoms with Crippen molar-refractivity contribution >= 4 is 11.6 Å². The van der Waals surface area contributed by atoms with Crippen molar-refractivity contribution < 1.29 is 35.4 Å². The molecule has 0 saturated carbocycles. The number of methoxy groups -OCH3 is 1. The molecule has 3 rings (SSSR count). The average molecular weight is 437 g/mol. The SMILES string of the molecule is COc1ccc(O)cc1.Cc1cc(CO)c(O)c(CO)c1.Oc1ccc(Cl)c(O)c1. The molecule has 0 bridgehead atoms. The summed E-state index contributed by atoms with van der Waals surface area (Å²) in [5.41, 5.74) is 1.83. The third kappa shape index (κ3) is 8.08. The number of aryl methyl sites for hydroxylation is 1. The van der Waals surface area contributed by atoms with E-state index in [2.05, 4.69) is 0 Å². The van der Waals surface area contributed by atoms with Crippen LogP contribution >= 0.6 is 11.6 Å². The summed E-state index contributed by atoms with van der Waals surface area (Å²) in [6.45, 7) is 1.43. The maximum absolute atomic E-state index is 9.39. The minimum Gasteiger partial charge on any atom is -0.508 e. The fourth-order valence-electron chi connectivity index (χ4n) is 2.26. The summed E-state index contributed by atoms with van der Waals surface area (Å²) in [6, 6.07) is 14.0. The van der Waals surface area contributed by atoms with Gasteiger partial charge in [0.2, 0.25) is 0 Å². The van der Waals surface area contributed by atoms with Gasteiger partial charge in [-0.3, -0.25) is 0 Å². The van der Waals surface area contributed by atoms with Crippen molar-refractivity contribution in [2.75, 3.05) is 7.11 Å². The van der Waals surface area contributed by atoms with Crippen molar-refractivity contribution in [3.05, 3.63) is 76.3 Å². The predicted molar refractivity (Wildman–Crippen MR) is 114 cm³/mol. The van der Waals surface area contributed by atoms with Gasteiger partial charge in [-0.05, 0) is 43.3 Å².